The molecule has 1 aromatic rings. The Labute approximate surface area is 84.1 Å². The maximum Gasteiger partial charge on any atom is 0.0543 e. The van der Waals surface area contributed by atoms with Crippen molar-refractivity contribution in [1.29, 1.82) is 0 Å². The van der Waals surface area contributed by atoms with Crippen LogP contribution in [-0.4, -0.2) is 24.8 Å². The van der Waals surface area contributed by atoms with Gasteiger partial charge in [-0.05, 0) is 25.1 Å². The molecule has 0 spiro atoms. The van der Waals surface area contributed by atoms with Gasteiger partial charge in [0.15, 0.2) is 0 Å². The zero-order valence-electron chi connectivity index (χ0n) is 8.33. The third kappa shape index (κ3) is 1.49. The zero-order chi connectivity index (χ0) is 9.97. The molecule has 2 unspecified atom stereocenters. The van der Waals surface area contributed by atoms with Gasteiger partial charge in [-0.3, -0.25) is 0 Å². The highest BCUT2D eigenvalue weighted by Gasteiger charge is 2.29. The third-order valence-electron chi connectivity index (χ3n) is 2.79. The molecule has 3 N–H and O–H groups in total. The number of likely N-dealkylation sites (N-methyl/N-ethyl adjacent to an activating group) is 1. The minimum absolute atomic E-state index is 0.226. The van der Waals surface area contributed by atoms with E-state index in [2.05, 4.69) is 22.8 Å². The molecular formula is C11H16N2O. The second kappa shape index (κ2) is 3.98. The molecule has 0 fully saturated rings. The summed E-state index contributed by atoms with van der Waals surface area (Å²) in [5.74, 6) is 0. The fraction of sp³-hybridized carbons (Fsp3) is 0.455. The van der Waals surface area contributed by atoms with Crippen molar-refractivity contribution >= 4 is 5.69 Å². The lowest BCUT2D eigenvalue weighted by molar-refractivity contribution is 0.271. The van der Waals surface area contributed by atoms with Crippen molar-refractivity contribution in [2.75, 3.05) is 19.0 Å². The number of rotatable bonds is 3. The van der Waals surface area contributed by atoms with Gasteiger partial charge in [-0.25, -0.2) is 0 Å². The Morgan fingerprint density at radius 3 is 2.93 bits per heavy atom. The van der Waals surface area contributed by atoms with Crippen molar-refractivity contribution in [2.45, 2.75) is 18.5 Å². The first-order valence-corrected chi connectivity index (χ1v) is 5.00. The Morgan fingerprint density at radius 1 is 1.43 bits per heavy atom. The molecule has 2 atom stereocenters. The number of nitrogens with one attached hydrogen (secondary N) is 2. The Morgan fingerprint density at radius 2 is 2.21 bits per heavy atom. The van der Waals surface area contributed by atoms with Crippen LogP contribution in [0.15, 0.2) is 24.3 Å². The molecule has 0 aliphatic carbocycles. The third-order valence-corrected chi connectivity index (χ3v) is 2.79. The second-order valence-corrected chi connectivity index (χ2v) is 3.62. The van der Waals surface area contributed by atoms with Gasteiger partial charge in [0.25, 0.3) is 0 Å². The van der Waals surface area contributed by atoms with Crippen LogP contribution in [0, 0.1) is 0 Å². The smallest absolute Gasteiger partial charge is 0.0543 e. The molecule has 0 radical (unpaired) electrons. The van der Waals surface area contributed by atoms with Gasteiger partial charge in [-0.15, -0.1) is 0 Å². The topological polar surface area (TPSA) is 44.3 Å². The van der Waals surface area contributed by atoms with Gasteiger partial charge in [0.1, 0.15) is 0 Å². The lowest BCUT2D eigenvalue weighted by atomic mass is 10.0. The Kier molecular flexibility index (Phi) is 2.70. The van der Waals surface area contributed by atoms with Crippen LogP contribution >= 0.6 is 0 Å². The van der Waals surface area contributed by atoms with E-state index < -0.39 is 0 Å². The molecule has 0 saturated heterocycles. The standard InChI is InChI=1S/C11H16N2O/c1-12-11-8-4-2-3-5-9(8)13-10(11)6-7-14/h2-5,10-14H,6-7H2,1H3. The van der Waals surface area contributed by atoms with E-state index in [0.29, 0.717) is 12.1 Å². The van der Waals surface area contributed by atoms with Gasteiger partial charge in [-0.1, -0.05) is 18.2 Å². The number of aliphatic hydroxyl groups excluding tert-OH is 1. The zero-order valence-corrected chi connectivity index (χ0v) is 8.33. The van der Waals surface area contributed by atoms with Crippen LogP contribution in [0.3, 0.4) is 0 Å². The molecule has 0 amide bonds. The van der Waals surface area contributed by atoms with Gasteiger partial charge in [0.2, 0.25) is 0 Å². The fourth-order valence-corrected chi connectivity index (χ4v) is 2.13. The Balaban J connectivity index is 2.24. The highest BCUT2D eigenvalue weighted by Crippen LogP contribution is 2.34. The van der Waals surface area contributed by atoms with Crippen LogP contribution in [-0.2, 0) is 0 Å². The summed E-state index contributed by atoms with van der Waals surface area (Å²) in [5.41, 5.74) is 2.48. The molecule has 1 aliphatic rings. The van der Waals surface area contributed by atoms with Crippen molar-refractivity contribution in [3.05, 3.63) is 29.8 Å². The summed E-state index contributed by atoms with van der Waals surface area (Å²) in [6.45, 7) is 0.226. The number of anilines is 1. The first-order valence-electron chi connectivity index (χ1n) is 5.00. The molecule has 14 heavy (non-hydrogen) atoms. The van der Waals surface area contributed by atoms with E-state index in [0.717, 1.165) is 6.42 Å². The average molecular weight is 192 g/mol. The van der Waals surface area contributed by atoms with Crippen molar-refractivity contribution in [3.8, 4) is 0 Å². The summed E-state index contributed by atoms with van der Waals surface area (Å²) < 4.78 is 0. The van der Waals surface area contributed by atoms with Crippen LogP contribution in [0.4, 0.5) is 5.69 Å². The molecule has 0 bridgehead atoms. The average Bonchev–Trinajstić information content (AvgIpc) is 2.55. The first-order chi connectivity index (χ1) is 6.86. The summed E-state index contributed by atoms with van der Waals surface area (Å²) in [7, 11) is 1.96. The number of fused-ring (bicyclic) bond motifs is 1. The summed E-state index contributed by atoms with van der Waals surface area (Å²) in [5, 5.41) is 15.6. The molecule has 2 rings (SSSR count). The Hall–Kier alpha value is -1.06. The number of benzene rings is 1. The predicted molar refractivity (Wildman–Crippen MR) is 57.4 cm³/mol. The summed E-state index contributed by atoms with van der Waals surface area (Å²) in [6.07, 6.45) is 0.778. The quantitative estimate of drug-likeness (QED) is 0.672. The van der Waals surface area contributed by atoms with Crippen LogP contribution in [0.25, 0.3) is 0 Å². The number of aliphatic hydroxyl groups is 1. The molecule has 0 aromatic heterocycles. The highest BCUT2D eigenvalue weighted by molar-refractivity contribution is 5.58. The van der Waals surface area contributed by atoms with Gasteiger partial charge < -0.3 is 15.7 Å². The summed E-state index contributed by atoms with van der Waals surface area (Å²) in [6, 6.07) is 8.91. The molecule has 1 heterocycles. The monoisotopic (exact) mass is 192 g/mol. The lowest BCUT2D eigenvalue weighted by Crippen LogP contribution is -2.30. The molecule has 0 saturated carbocycles. The summed E-state index contributed by atoms with van der Waals surface area (Å²) in [4.78, 5) is 0. The van der Waals surface area contributed by atoms with Crippen molar-refractivity contribution in [2.24, 2.45) is 0 Å². The molecule has 3 nitrogen and oxygen atoms in total. The minimum Gasteiger partial charge on any atom is -0.396 e. The highest BCUT2D eigenvalue weighted by atomic mass is 16.3. The molecule has 3 heteroatoms. The van der Waals surface area contributed by atoms with Gasteiger partial charge in [-0.2, -0.15) is 0 Å². The van der Waals surface area contributed by atoms with E-state index in [4.69, 9.17) is 5.11 Å². The largest absolute Gasteiger partial charge is 0.396 e. The van der Waals surface area contributed by atoms with E-state index in [1.165, 1.54) is 11.3 Å². The SMILES string of the molecule is CNC1c2ccccc2NC1CCO. The number of para-hydroxylation sites is 1. The van der Waals surface area contributed by atoms with Crippen LogP contribution < -0.4 is 10.6 Å². The van der Waals surface area contributed by atoms with Crippen molar-refractivity contribution < 1.29 is 5.11 Å². The Bertz CT molecular complexity index is 314. The van der Waals surface area contributed by atoms with Gasteiger partial charge in [0.05, 0.1) is 6.04 Å². The molecular weight excluding hydrogens is 176 g/mol. The number of hydrogen-bond donors (Lipinski definition) is 3. The maximum absolute atomic E-state index is 8.95. The molecule has 1 aliphatic heterocycles. The summed E-state index contributed by atoms with van der Waals surface area (Å²) >= 11 is 0. The normalized spacial score (nSPS) is 24.4. The van der Waals surface area contributed by atoms with E-state index in [9.17, 15) is 0 Å². The number of hydrogen-bond acceptors (Lipinski definition) is 3. The van der Waals surface area contributed by atoms with E-state index in [-0.39, 0.29) is 6.61 Å². The van der Waals surface area contributed by atoms with Crippen LogP contribution in [0.5, 0.6) is 0 Å². The van der Waals surface area contributed by atoms with Crippen molar-refractivity contribution in [3.63, 3.8) is 0 Å². The maximum atomic E-state index is 8.95. The van der Waals surface area contributed by atoms with Gasteiger partial charge >= 0.3 is 0 Å². The molecule has 1 aromatic carbocycles. The fourth-order valence-electron chi connectivity index (χ4n) is 2.13. The van der Waals surface area contributed by atoms with E-state index in [1.54, 1.807) is 0 Å². The van der Waals surface area contributed by atoms with Gasteiger partial charge in [0, 0.05) is 18.3 Å². The van der Waals surface area contributed by atoms with E-state index >= 15 is 0 Å². The lowest BCUT2D eigenvalue weighted by Gasteiger charge is -2.18. The predicted octanol–water partition coefficient (Wildman–Crippen LogP) is 1.12. The molecule has 76 valence electrons. The van der Waals surface area contributed by atoms with Crippen LogP contribution in [0.2, 0.25) is 0 Å². The minimum atomic E-state index is 0.226. The van der Waals surface area contributed by atoms with Crippen molar-refractivity contribution in [1.82, 2.24) is 5.32 Å². The van der Waals surface area contributed by atoms with Crippen LogP contribution in [0.1, 0.15) is 18.0 Å². The second-order valence-electron chi connectivity index (χ2n) is 3.62. The first kappa shape index (κ1) is 9.49. The van der Waals surface area contributed by atoms with E-state index in [1.807, 2.05) is 19.2 Å².